The van der Waals surface area contributed by atoms with Gasteiger partial charge in [-0.25, -0.2) is 0 Å². The van der Waals surface area contributed by atoms with Crippen LogP contribution in [-0.4, -0.2) is 24.0 Å². The van der Waals surface area contributed by atoms with E-state index in [0.29, 0.717) is 6.04 Å². The minimum atomic E-state index is 0.690. The minimum absolute atomic E-state index is 0.690. The Bertz CT molecular complexity index is 409. The maximum atomic E-state index is 3.79. The lowest BCUT2D eigenvalue weighted by Gasteiger charge is -2.21. The van der Waals surface area contributed by atoms with Crippen LogP contribution in [0.25, 0.3) is 0 Å². The predicted molar refractivity (Wildman–Crippen MR) is 81.4 cm³/mol. The molecule has 1 saturated carbocycles. The van der Waals surface area contributed by atoms with Crippen LogP contribution in [0.3, 0.4) is 0 Å². The van der Waals surface area contributed by atoms with Crippen molar-refractivity contribution < 1.29 is 0 Å². The molecule has 1 saturated heterocycles. The summed E-state index contributed by atoms with van der Waals surface area (Å²) in [7, 11) is 0. The Hall–Kier alpha value is -1.02. The summed E-state index contributed by atoms with van der Waals surface area (Å²) in [6.45, 7) is 6.03. The van der Waals surface area contributed by atoms with Crippen LogP contribution in [0.1, 0.15) is 44.6 Å². The van der Waals surface area contributed by atoms with E-state index in [0.717, 1.165) is 12.5 Å². The van der Waals surface area contributed by atoms with Gasteiger partial charge in [-0.3, -0.25) is 4.90 Å². The lowest BCUT2D eigenvalue weighted by atomic mass is 10.1. The van der Waals surface area contributed by atoms with Crippen LogP contribution in [0.2, 0.25) is 0 Å². The van der Waals surface area contributed by atoms with Crippen LogP contribution in [0, 0.1) is 5.92 Å². The van der Waals surface area contributed by atoms with Gasteiger partial charge in [0.1, 0.15) is 0 Å². The van der Waals surface area contributed by atoms with Crippen LogP contribution in [0.15, 0.2) is 24.3 Å². The SMILES string of the molecule is CC1CCC(Nc2ccccc2CN2CCCC2)C1. The molecule has 0 spiro atoms. The molecule has 1 aromatic carbocycles. The van der Waals surface area contributed by atoms with Gasteiger partial charge in [-0.15, -0.1) is 0 Å². The van der Waals surface area contributed by atoms with Crippen molar-refractivity contribution in [2.24, 2.45) is 5.92 Å². The van der Waals surface area contributed by atoms with Crippen LogP contribution in [-0.2, 0) is 6.54 Å². The maximum absolute atomic E-state index is 3.79. The Labute approximate surface area is 117 Å². The molecular weight excluding hydrogens is 232 g/mol. The summed E-state index contributed by atoms with van der Waals surface area (Å²) in [5.74, 6) is 0.892. The zero-order valence-electron chi connectivity index (χ0n) is 12.1. The molecule has 1 aliphatic carbocycles. The third-order valence-electron chi connectivity index (χ3n) is 4.66. The van der Waals surface area contributed by atoms with Crippen molar-refractivity contribution in [3.8, 4) is 0 Å². The summed E-state index contributed by atoms with van der Waals surface area (Å²) >= 11 is 0. The molecule has 2 unspecified atom stereocenters. The molecule has 104 valence electrons. The van der Waals surface area contributed by atoms with Gasteiger partial charge in [0.2, 0.25) is 0 Å². The van der Waals surface area contributed by atoms with E-state index >= 15 is 0 Å². The van der Waals surface area contributed by atoms with Crippen molar-refractivity contribution in [2.45, 2.75) is 51.6 Å². The van der Waals surface area contributed by atoms with Gasteiger partial charge >= 0.3 is 0 Å². The van der Waals surface area contributed by atoms with Gasteiger partial charge in [0, 0.05) is 18.3 Å². The lowest BCUT2D eigenvalue weighted by molar-refractivity contribution is 0.332. The molecule has 3 rings (SSSR count). The molecular formula is C17H26N2. The highest BCUT2D eigenvalue weighted by molar-refractivity contribution is 5.52. The summed E-state index contributed by atoms with van der Waals surface area (Å²) in [6, 6.07) is 9.57. The van der Waals surface area contributed by atoms with Crippen LogP contribution >= 0.6 is 0 Å². The average molecular weight is 258 g/mol. The fourth-order valence-corrected chi connectivity index (χ4v) is 3.54. The van der Waals surface area contributed by atoms with Crippen molar-refractivity contribution in [1.82, 2.24) is 4.90 Å². The third kappa shape index (κ3) is 3.30. The third-order valence-corrected chi connectivity index (χ3v) is 4.66. The number of hydrogen-bond acceptors (Lipinski definition) is 2. The first-order valence-corrected chi connectivity index (χ1v) is 7.88. The first kappa shape index (κ1) is 13.0. The van der Waals surface area contributed by atoms with Crippen LogP contribution in [0.5, 0.6) is 0 Å². The summed E-state index contributed by atoms with van der Waals surface area (Å²) in [5, 5.41) is 3.79. The largest absolute Gasteiger partial charge is 0.382 e. The van der Waals surface area contributed by atoms with Crippen LogP contribution in [0.4, 0.5) is 5.69 Å². The van der Waals surface area contributed by atoms with E-state index in [9.17, 15) is 0 Å². The molecule has 2 aliphatic rings. The van der Waals surface area contributed by atoms with Crippen molar-refractivity contribution in [3.05, 3.63) is 29.8 Å². The number of likely N-dealkylation sites (tertiary alicyclic amines) is 1. The number of nitrogens with zero attached hydrogens (tertiary/aromatic N) is 1. The fraction of sp³-hybridized carbons (Fsp3) is 0.647. The molecule has 0 aromatic heterocycles. The molecule has 2 atom stereocenters. The van der Waals surface area contributed by atoms with E-state index < -0.39 is 0 Å². The molecule has 1 aliphatic heterocycles. The molecule has 2 nitrogen and oxygen atoms in total. The van der Waals surface area contributed by atoms with Crippen molar-refractivity contribution in [2.75, 3.05) is 18.4 Å². The Morgan fingerprint density at radius 2 is 1.95 bits per heavy atom. The zero-order chi connectivity index (χ0) is 13.1. The number of rotatable bonds is 4. The second-order valence-corrected chi connectivity index (χ2v) is 6.40. The standard InChI is InChI=1S/C17H26N2/c1-14-8-9-16(12-14)18-17-7-3-2-6-15(17)13-19-10-4-5-11-19/h2-3,6-7,14,16,18H,4-5,8-13H2,1H3. The van der Waals surface area contributed by atoms with E-state index in [-0.39, 0.29) is 0 Å². The Morgan fingerprint density at radius 3 is 2.68 bits per heavy atom. The second-order valence-electron chi connectivity index (χ2n) is 6.40. The minimum Gasteiger partial charge on any atom is -0.382 e. The second kappa shape index (κ2) is 5.96. The normalized spacial score (nSPS) is 27.8. The zero-order valence-corrected chi connectivity index (χ0v) is 12.1. The van der Waals surface area contributed by atoms with E-state index in [4.69, 9.17) is 0 Å². The van der Waals surface area contributed by atoms with Gasteiger partial charge in [0.15, 0.2) is 0 Å². The molecule has 19 heavy (non-hydrogen) atoms. The topological polar surface area (TPSA) is 15.3 Å². The summed E-state index contributed by atoms with van der Waals surface area (Å²) in [4.78, 5) is 2.58. The van der Waals surface area contributed by atoms with E-state index in [1.54, 1.807) is 0 Å². The van der Waals surface area contributed by atoms with E-state index in [2.05, 4.69) is 41.4 Å². The predicted octanol–water partition coefficient (Wildman–Crippen LogP) is 3.88. The summed E-state index contributed by atoms with van der Waals surface area (Å²) < 4.78 is 0. The van der Waals surface area contributed by atoms with Gasteiger partial charge in [0.05, 0.1) is 0 Å². The molecule has 0 radical (unpaired) electrons. The van der Waals surface area contributed by atoms with E-state index in [1.807, 2.05) is 0 Å². The van der Waals surface area contributed by atoms with Gasteiger partial charge in [-0.1, -0.05) is 25.1 Å². The van der Waals surface area contributed by atoms with Crippen molar-refractivity contribution >= 4 is 5.69 Å². The number of para-hydroxylation sites is 1. The van der Waals surface area contributed by atoms with Gasteiger partial charge < -0.3 is 5.32 Å². The smallest absolute Gasteiger partial charge is 0.0388 e. The highest BCUT2D eigenvalue weighted by Crippen LogP contribution is 2.29. The number of benzene rings is 1. The van der Waals surface area contributed by atoms with E-state index in [1.165, 1.54) is 56.4 Å². The number of nitrogens with one attached hydrogen (secondary N) is 1. The van der Waals surface area contributed by atoms with Gasteiger partial charge in [0.25, 0.3) is 0 Å². The van der Waals surface area contributed by atoms with Gasteiger partial charge in [-0.2, -0.15) is 0 Å². The Kier molecular flexibility index (Phi) is 4.07. The van der Waals surface area contributed by atoms with Gasteiger partial charge in [-0.05, 0) is 62.7 Å². The Morgan fingerprint density at radius 1 is 1.16 bits per heavy atom. The van der Waals surface area contributed by atoms with Crippen molar-refractivity contribution in [3.63, 3.8) is 0 Å². The molecule has 1 aromatic rings. The maximum Gasteiger partial charge on any atom is 0.0388 e. The first-order chi connectivity index (χ1) is 9.31. The Balaban J connectivity index is 1.66. The highest BCUT2D eigenvalue weighted by Gasteiger charge is 2.22. The molecule has 2 heteroatoms. The highest BCUT2D eigenvalue weighted by atomic mass is 15.1. The summed E-state index contributed by atoms with van der Waals surface area (Å²) in [6.07, 6.45) is 6.79. The number of hydrogen-bond donors (Lipinski definition) is 1. The molecule has 1 N–H and O–H groups in total. The lowest BCUT2D eigenvalue weighted by Crippen LogP contribution is -2.21. The average Bonchev–Trinajstić information content (AvgIpc) is 3.04. The first-order valence-electron chi connectivity index (χ1n) is 7.88. The fourth-order valence-electron chi connectivity index (χ4n) is 3.54. The quantitative estimate of drug-likeness (QED) is 0.881. The number of anilines is 1. The molecule has 0 bridgehead atoms. The monoisotopic (exact) mass is 258 g/mol. The summed E-state index contributed by atoms with van der Waals surface area (Å²) in [5.41, 5.74) is 2.84. The molecule has 2 fully saturated rings. The molecule has 1 heterocycles. The van der Waals surface area contributed by atoms with Crippen LogP contribution < -0.4 is 5.32 Å². The molecule has 0 amide bonds. The van der Waals surface area contributed by atoms with Crippen molar-refractivity contribution in [1.29, 1.82) is 0 Å².